The molecule has 0 spiro atoms. The third-order valence-electron chi connectivity index (χ3n) is 3.80. The molecule has 0 atom stereocenters. The van der Waals surface area contributed by atoms with Gasteiger partial charge in [0.05, 0.1) is 4.47 Å². The van der Waals surface area contributed by atoms with Crippen LogP contribution in [0.25, 0.3) is 0 Å². The number of hydrogen-bond acceptors (Lipinski definition) is 5. The molecule has 2 N–H and O–H groups in total. The molecular formula is C14H23BrN4S. The lowest BCUT2D eigenvalue weighted by Gasteiger charge is -2.27. The van der Waals surface area contributed by atoms with Gasteiger partial charge in [-0.3, -0.25) is 0 Å². The number of nitrogens with zero attached hydrogens (tertiary/aromatic N) is 2. The second kappa shape index (κ2) is 7.50. The molecule has 4 nitrogen and oxygen atoms in total. The molecule has 1 aromatic heterocycles. The van der Waals surface area contributed by atoms with E-state index < -0.39 is 0 Å². The van der Waals surface area contributed by atoms with E-state index in [4.69, 9.17) is 0 Å². The molecule has 0 aliphatic heterocycles. The Hall–Kier alpha value is -0.490. The Morgan fingerprint density at radius 2 is 2.10 bits per heavy atom. The summed E-state index contributed by atoms with van der Waals surface area (Å²) in [6.07, 6.45) is 10.4. The molecule has 1 aliphatic carbocycles. The molecule has 0 aromatic carbocycles. The van der Waals surface area contributed by atoms with Crippen molar-refractivity contribution in [2.24, 2.45) is 0 Å². The van der Waals surface area contributed by atoms with E-state index in [0.29, 0.717) is 10.7 Å². The molecule has 0 amide bonds. The quantitative estimate of drug-likeness (QED) is 0.766. The zero-order valence-electron chi connectivity index (χ0n) is 12.2. The average molecular weight is 359 g/mol. The van der Waals surface area contributed by atoms with Crippen molar-refractivity contribution in [2.75, 3.05) is 30.0 Å². The minimum Gasteiger partial charge on any atom is -0.368 e. The van der Waals surface area contributed by atoms with Gasteiger partial charge in [-0.15, -0.1) is 0 Å². The van der Waals surface area contributed by atoms with E-state index in [1.54, 1.807) is 0 Å². The summed E-state index contributed by atoms with van der Waals surface area (Å²) in [6.45, 7) is 4.00. The first-order valence-electron chi connectivity index (χ1n) is 7.24. The fourth-order valence-electron chi connectivity index (χ4n) is 2.53. The second-order valence-electron chi connectivity index (χ2n) is 5.26. The molecule has 112 valence electrons. The van der Waals surface area contributed by atoms with E-state index in [1.807, 2.05) is 18.0 Å². The summed E-state index contributed by atoms with van der Waals surface area (Å²) in [5.41, 5.74) is 0. The van der Waals surface area contributed by atoms with Gasteiger partial charge < -0.3 is 10.6 Å². The summed E-state index contributed by atoms with van der Waals surface area (Å²) >= 11 is 5.51. The van der Waals surface area contributed by atoms with Gasteiger partial charge in [-0.2, -0.15) is 16.7 Å². The van der Waals surface area contributed by atoms with Crippen LogP contribution in [0.4, 0.5) is 11.8 Å². The minimum absolute atomic E-state index is 0.376. The van der Waals surface area contributed by atoms with Gasteiger partial charge in [-0.25, -0.2) is 4.98 Å². The summed E-state index contributed by atoms with van der Waals surface area (Å²) in [5.74, 6) is 1.58. The molecule has 1 heterocycles. The van der Waals surface area contributed by atoms with E-state index in [-0.39, 0.29) is 0 Å². The molecule has 0 saturated heterocycles. The van der Waals surface area contributed by atoms with Gasteiger partial charge in [-0.05, 0) is 41.4 Å². The van der Waals surface area contributed by atoms with Crippen LogP contribution >= 0.6 is 27.7 Å². The van der Waals surface area contributed by atoms with Crippen molar-refractivity contribution in [3.63, 3.8) is 0 Å². The van der Waals surface area contributed by atoms with Crippen molar-refractivity contribution in [3.05, 3.63) is 10.7 Å². The van der Waals surface area contributed by atoms with Crippen LogP contribution in [-0.2, 0) is 0 Å². The van der Waals surface area contributed by atoms with Gasteiger partial charge >= 0.3 is 0 Å². The zero-order chi connectivity index (χ0) is 14.4. The maximum atomic E-state index is 4.55. The summed E-state index contributed by atoms with van der Waals surface area (Å²) < 4.78 is 1.30. The maximum absolute atomic E-state index is 4.55. The normalized spacial score (nSPS) is 17.1. The maximum Gasteiger partial charge on any atom is 0.224 e. The first-order valence-corrected chi connectivity index (χ1v) is 9.26. The summed E-state index contributed by atoms with van der Waals surface area (Å²) in [4.78, 5) is 8.83. The van der Waals surface area contributed by atoms with Crippen LogP contribution in [0.1, 0.15) is 39.0 Å². The molecule has 0 bridgehead atoms. The Morgan fingerprint density at radius 1 is 1.35 bits per heavy atom. The Labute approximate surface area is 134 Å². The van der Waals surface area contributed by atoms with Crippen molar-refractivity contribution in [1.29, 1.82) is 0 Å². The molecule has 6 heteroatoms. The van der Waals surface area contributed by atoms with Crippen molar-refractivity contribution in [2.45, 2.75) is 43.8 Å². The van der Waals surface area contributed by atoms with E-state index in [1.165, 1.54) is 25.7 Å². The highest BCUT2D eigenvalue weighted by molar-refractivity contribution is 9.10. The van der Waals surface area contributed by atoms with Crippen molar-refractivity contribution in [1.82, 2.24) is 9.97 Å². The number of hydrogen-bond donors (Lipinski definition) is 2. The summed E-state index contributed by atoms with van der Waals surface area (Å²) in [6, 6.07) is 0. The van der Waals surface area contributed by atoms with Crippen LogP contribution in [-0.4, -0.2) is 34.1 Å². The first kappa shape index (κ1) is 15.9. The Kier molecular flexibility index (Phi) is 5.96. The van der Waals surface area contributed by atoms with Crippen LogP contribution in [0.2, 0.25) is 0 Å². The lowest BCUT2D eigenvalue weighted by molar-refractivity contribution is 0.638. The number of nitrogens with one attached hydrogen (secondary N) is 2. The first-order chi connectivity index (χ1) is 9.69. The SMILES string of the molecule is CCCNc1ncc(Br)c(NCC2(SC)CCCC2)n1. The number of anilines is 2. The monoisotopic (exact) mass is 358 g/mol. The standard InChI is InChI=1S/C14H23BrN4S/c1-3-8-16-13-17-9-11(15)12(19-13)18-10-14(20-2)6-4-5-7-14/h9H,3-8,10H2,1-2H3,(H2,16,17,18,19). The zero-order valence-corrected chi connectivity index (χ0v) is 14.6. The van der Waals surface area contributed by atoms with Crippen LogP contribution in [0, 0.1) is 0 Å². The largest absolute Gasteiger partial charge is 0.368 e. The van der Waals surface area contributed by atoms with E-state index in [2.05, 4.69) is 49.7 Å². The highest BCUT2D eigenvalue weighted by Gasteiger charge is 2.32. The topological polar surface area (TPSA) is 49.8 Å². The van der Waals surface area contributed by atoms with E-state index in [9.17, 15) is 0 Å². The molecule has 1 aromatic rings. The smallest absolute Gasteiger partial charge is 0.224 e. The Morgan fingerprint density at radius 3 is 2.75 bits per heavy atom. The van der Waals surface area contributed by atoms with Crippen LogP contribution in [0.15, 0.2) is 10.7 Å². The molecule has 2 rings (SSSR count). The van der Waals surface area contributed by atoms with Gasteiger partial charge in [0.2, 0.25) is 5.95 Å². The highest BCUT2D eigenvalue weighted by Crippen LogP contribution is 2.40. The molecule has 0 radical (unpaired) electrons. The molecular weight excluding hydrogens is 336 g/mol. The number of aromatic nitrogens is 2. The average Bonchev–Trinajstić information content (AvgIpc) is 2.94. The van der Waals surface area contributed by atoms with Crippen molar-refractivity contribution in [3.8, 4) is 0 Å². The Balaban J connectivity index is 2.00. The third kappa shape index (κ3) is 4.01. The van der Waals surface area contributed by atoms with Crippen molar-refractivity contribution < 1.29 is 0 Å². The lowest BCUT2D eigenvalue weighted by Crippen LogP contribution is -2.30. The fraction of sp³-hybridized carbons (Fsp3) is 0.714. The highest BCUT2D eigenvalue weighted by atomic mass is 79.9. The second-order valence-corrected chi connectivity index (χ2v) is 7.39. The van der Waals surface area contributed by atoms with Gasteiger partial charge in [0.15, 0.2) is 0 Å². The minimum atomic E-state index is 0.376. The van der Waals surface area contributed by atoms with Crippen LogP contribution in [0.3, 0.4) is 0 Å². The predicted molar refractivity (Wildman–Crippen MR) is 91.7 cm³/mol. The number of halogens is 1. The van der Waals surface area contributed by atoms with Crippen LogP contribution in [0.5, 0.6) is 0 Å². The van der Waals surface area contributed by atoms with Gasteiger partial charge in [0, 0.05) is 24.0 Å². The summed E-state index contributed by atoms with van der Waals surface area (Å²) in [7, 11) is 0. The molecule has 0 unspecified atom stereocenters. The van der Waals surface area contributed by atoms with Gasteiger partial charge in [0.25, 0.3) is 0 Å². The molecule has 1 aliphatic rings. The fourth-order valence-corrected chi connectivity index (χ4v) is 3.77. The molecule has 1 saturated carbocycles. The number of rotatable bonds is 7. The summed E-state index contributed by atoms with van der Waals surface area (Å²) in [5, 5.41) is 6.73. The van der Waals surface area contributed by atoms with Gasteiger partial charge in [0.1, 0.15) is 5.82 Å². The third-order valence-corrected chi connectivity index (χ3v) is 5.80. The number of thioether (sulfide) groups is 1. The Bertz CT molecular complexity index is 435. The van der Waals surface area contributed by atoms with E-state index in [0.717, 1.165) is 29.8 Å². The van der Waals surface area contributed by atoms with Crippen molar-refractivity contribution >= 4 is 39.5 Å². The lowest BCUT2D eigenvalue weighted by atomic mass is 10.1. The molecule has 20 heavy (non-hydrogen) atoms. The van der Waals surface area contributed by atoms with E-state index >= 15 is 0 Å². The predicted octanol–water partition coefficient (Wildman–Crippen LogP) is 4.15. The van der Waals surface area contributed by atoms with Crippen LogP contribution < -0.4 is 10.6 Å². The molecule has 1 fully saturated rings. The van der Waals surface area contributed by atoms with Gasteiger partial charge in [-0.1, -0.05) is 19.8 Å².